The highest BCUT2D eigenvalue weighted by Gasteiger charge is 2.20. The maximum Gasteiger partial charge on any atom is 0.186 e. The Morgan fingerprint density at radius 3 is 3.21 bits per heavy atom. The predicted molar refractivity (Wildman–Crippen MR) is 65.0 cm³/mol. The van der Waals surface area contributed by atoms with Crippen molar-refractivity contribution in [1.29, 1.82) is 0 Å². The Balaban J connectivity index is 2.04. The van der Waals surface area contributed by atoms with E-state index in [2.05, 4.69) is 38.1 Å². The smallest absolute Gasteiger partial charge is 0.186 e. The Morgan fingerprint density at radius 1 is 1.71 bits per heavy atom. The van der Waals surface area contributed by atoms with Gasteiger partial charge in [0.25, 0.3) is 0 Å². The van der Waals surface area contributed by atoms with Gasteiger partial charge in [0.2, 0.25) is 0 Å². The van der Waals surface area contributed by atoms with Crippen LogP contribution in [0.5, 0.6) is 0 Å². The highest BCUT2D eigenvalue weighted by atomic mass is 79.9. The number of anilines is 1. The van der Waals surface area contributed by atoms with E-state index in [1.807, 2.05) is 0 Å². The number of thiazole rings is 1. The van der Waals surface area contributed by atoms with Crippen LogP contribution >= 0.6 is 27.3 Å². The van der Waals surface area contributed by atoms with Crippen LogP contribution in [0.25, 0.3) is 0 Å². The third-order valence-corrected chi connectivity index (χ3v) is 4.44. The summed E-state index contributed by atoms with van der Waals surface area (Å²) in [7, 11) is 0. The van der Waals surface area contributed by atoms with Gasteiger partial charge in [0.1, 0.15) is 4.60 Å². The van der Waals surface area contributed by atoms with Crippen LogP contribution in [0.3, 0.4) is 0 Å². The van der Waals surface area contributed by atoms with E-state index >= 15 is 0 Å². The van der Waals surface area contributed by atoms with Crippen LogP contribution < -0.4 is 4.90 Å². The van der Waals surface area contributed by atoms with E-state index in [0.29, 0.717) is 0 Å². The molecule has 1 aliphatic heterocycles. The van der Waals surface area contributed by atoms with Crippen molar-refractivity contribution >= 4 is 32.4 Å². The fourth-order valence-corrected chi connectivity index (χ4v) is 3.25. The van der Waals surface area contributed by atoms with Gasteiger partial charge in [0, 0.05) is 18.5 Å². The zero-order valence-corrected chi connectivity index (χ0v) is 10.8. The van der Waals surface area contributed by atoms with Gasteiger partial charge in [-0.1, -0.05) is 13.3 Å². The SMILES string of the molecule is CCC1CCCN(c2nc(Br)cs2)C1. The molecule has 1 aliphatic rings. The number of aromatic nitrogens is 1. The van der Waals surface area contributed by atoms with E-state index in [9.17, 15) is 0 Å². The number of nitrogens with zero attached hydrogens (tertiary/aromatic N) is 2. The molecule has 1 aromatic heterocycles. The van der Waals surface area contributed by atoms with Crippen LogP contribution in [0.4, 0.5) is 5.13 Å². The molecule has 1 atom stereocenters. The third kappa shape index (κ3) is 2.28. The van der Waals surface area contributed by atoms with Gasteiger partial charge in [-0.15, -0.1) is 11.3 Å². The summed E-state index contributed by atoms with van der Waals surface area (Å²) in [6, 6.07) is 0. The Morgan fingerprint density at radius 2 is 2.57 bits per heavy atom. The average Bonchev–Trinajstić information content (AvgIpc) is 2.65. The topological polar surface area (TPSA) is 16.1 Å². The van der Waals surface area contributed by atoms with Crippen molar-refractivity contribution in [3.8, 4) is 0 Å². The zero-order chi connectivity index (χ0) is 9.97. The van der Waals surface area contributed by atoms with Crippen molar-refractivity contribution in [2.24, 2.45) is 5.92 Å². The molecule has 2 heterocycles. The van der Waals surface area contributed by atoms with E-state index in [-0.39, 0.29) is 0 Å². The van der Waals surface area contributed by atoms with Crippen LogP contribution in [0.1, 0.15) is 26.2 Å². The molecule has 1 aromatic rings. The minimum Gasteiger partial charge on any atom is -0.348 e. The van der Waals surface area contributed by atoms with Crippen LogP contribution in [-0.4, -0.2) is 18.1 Å². The second kappa shape index (κ2) is 4.62. The van der Waals surface area contributed by atoms with Gasteiger partial charge < -0.3 is 4.90 Å². The van der Waals surface area contributed by atoms with Crippen molar-refractivity contribution in [3.63, 3.8) is 0 Å². The molecule has 0 saturated carbocycles. The Hall–Kier alpha value is -0.0900. The normalized spacial score (nSPS) is 22.7. The van der Waals surface area contributed by atoms with Gasteiger partial charge in [-0.05, 0) is 34.7 Å². The lowest BCUT2D eigenvalue weighted by Gasteiger charge is -2.31. The molecule has 0 N–H and O–H groups in total. The molecular weight excluding hydrogens is 260 g/mol. The molecule has 0 bridgehead atoms. The number of hydrogen-bond acceptors (Lipinski definition) is 3. The first-order chi connectivity index (χ1) is 6.79. The second-order valence-electron chi connectivity index (χ2n) is 3.82. The molecule has 0 aromatic carbocycles. The van der Waals surface area contributed by atoms with Crippen LogP contribution in [0.2, 0.25) is 0 Å². The fraction of sp³-hybridized carbons (Fsp3) is 0.700. The minimum atomic E-state index is 0.867. The summed E-state index contributed by atoms with van der Waals surface area (Å²) >= 11 is 5.14. The number of hydrogen-bond donors (Lipinski definition) is 0. The van der Waals surface area contributed by atoms with Crippen molar-refractivity contribution < 1.29 is 0 Å². The lowest BCUT2D eigenvalue weighted by atomic mass is 9.96. The highest BCUT2D eigenvalue weighted by molar-refractivity contribution is 9.10. The summed E-state index contributed by atoms with van der Waals surface area (Å²) in [4.78, 5) is 6.89. The van der Waals surface area contributed by atoms with Gasteiger partial charge in [0.15, 0.2) is 5.13 Å². The van der Waals surface area contributed by atoms with Crippen LogP contribution in [-0.2, 0) is 0 Å². The fourth-order valence-electron chi connectivity index (χ4n) is 1.96. The van der Waals surface area contributed by atoms with Gasteiger partial charge >= 0.3 is 0 Å². The molecule has 14 heavy (non-hydrogen) atoms. The molecule has 2 nitrogen and oxygen atoms in total. The summed E-state index contributed by atoms with van der Waals surface area (Å²) in [6.45, 7) is 4.65. The van der Waals surface area contributed by atoms with Gasteiger partial charge in [-0.3, -0.25) is 0 Å². The third-order valence-electron chi connectivity index (χ3n) is 2.83. The molecule has 1 fully saturated rings. The zero-order valence-electron chi connectivity index (χ0n) is 8.37. The summed E-state index contributed by atoms with van der Waals surface area (Å²) in [5.74, 6) is 0.867. The largest absolute Gasteiger partial charge is 0.348 e. The molecule has 1 unspecified atom stereocenters. The Labute approximate surface area is 97.5 Å². The van der Waals surface area contributed by atoms with Gasteiger partial charge in [0.05, 0.1) is 0 Å². The molecule has 0 radical (unpaired) electrons. The number of rotatable bonds is 2. The Bertz CT molecular complexity index is 300. The van der Waals surface area contributed by atoms with Crippen LogP contribution in [0.15, 0.2) is 9.98 Å². The van der Waals surface area contributed by atoms with Crippen LogP contribution in [0, 0.1) is 5.92 Å². The predicted octanol–water partition coefficient (Wildman–Crippen LogP) is 3.53. The minimum absolute atomic E-state index is 0.867. The van der Waals surface area contributed by atoms with E-state index in [1.54, 1.807) is 11.3 Å². The lowest BCUT2D eigenvalue weighted by molar-refractivity contribution is 0.404. The first-order valence-corrected chi connectivity index (χ1v) is 6.83. The summed E-state index contributed by atoms with van der Waals surface area (Å²) < 4.78 is 0.969. The standard InChI is InChI=1S/C10H15BrN2S/c1-2-8-4-3-5-13(6-8)10-12-9(11)7-14-10/h7-8H,2-6H2,1H3. The van der Waals surface area contributed by atoms with Crippen molar-refractivity contribution in [2.75, 3.05) is 18.0 Å². The maximum absolute atomic E-state index is 4.46. The van der Waals surface area contributed by atoms with E-state index in [0.717, 1.165) is 10.5 Å². The second-order valence-corrected chi connectivity index (χ2v) is 5.46. The van der Waals surface area contributed by atoms with E-state index in [4.69, 9.17) is 0 Å². The quantitative estimate of drug-likeness (QED) is 0.820. The first-order valence-electron chi connectivity index (χ1n) is 5.15. The first kappa shape index (κ1) is 10.4. The molecule has 0 aliphatic carbocycles. The summed E-state index contributed by atoms with van der Waals surface area (Å²) in [6.07, 6.45) is 4.00. The molecule has 0 spiro atoms. The summed E-state index contributed by atoms with van der Waals surface area (Å²) in [5.41, 5.74) is 0. The molecule has 2 rings (SSSR count). The number of piperidine rings is 1. The summed E-state index contributed by atoms with van der Waals surface area (Å²) in [5, 5.41) is 3.24. The average molecular weight is 275 g/mol. The van der Waals surface area contributed by atoms with E-state index < -0.39 is 0 Å². The van der Waals surface area contributed by atoms with E-state index in [1.165, 1.54) is 37.5 Å². The molecule has 4 heteroatoms. The Kier molecular flexibility index (Phi) is 3.44. The molecule has 0 amide bonds. The lowest BCUT2D eigenvalue weighted by Crippen LogP contribution is -2.34. The van der Waals surface area contributed by atoms with Gasteiger partial charge in [-0.25, -0.2) is 4.98 Å². The molecule has 1 saturated heterocycles. The monoisotopic (exact) mass is 274 g/mol. The van der Waals surface area contributed by atoms with Crippen molar-refractivity contribution in [1.82, 2.24) is 4.98 Å². The highest BCUT2D eigenvalue weighted by Crippen LogP contribution is 2.28. The molecule has 78 valence electrons. The maximum atomic E-state index is 4.46. The van der Waals surface area contributed by atoms with Gasteiger partial charge in [-0.2, -0.15) is 0 Å². The molecular formula is C10H15BrN2S. The van der Waals surface area contributed by atoms with Crippen molar-refractivity contribution in [2.45, 2.75) is 26.2 Å². The van der Waals surface area contributed by atoms with Crippen molar-refractivity contribution in [3.05, 3.63) is 9.98 Å². The number of halogens is 1.